The number of hydrogen-bond donors (Lipinski definition) is 0. The fourth-order valence-corrected chi connectivity index (χ4v) is 4.78. The summed E-state index contributed by atoms with van der Waals surface area (Å²) >= 11 is 0.894. The molecule has 7 heteroatoms. The molecule has 0 aliphatic carbocycles. The number of hydrogen-bond acceptors (Lipinski definition) is 5. The van der Waals surface area contributed by atoms with Crippen molar-refractivity contribution in [2.45, 2.75) is 24.1 Å². The Balaban J connectivity index is 2.38. The Labute approximate surface area is 128 Å². The van der Waals surface area contributed by atoms with Crippen molar-refractivity contribution in [1.82, 2.24) is 9.29 Å². The Morgan fingerprint density at radius 3 is 2.57 bits per heavy atom. The van der Waals surface area contributed by atoms with Gasteiger partial charge in [0.2, 0.25) is 0 Å². The smallest absolute Gasteiger partial charge is 0.233 e. The molecule has 0 amide bonds. The molecule has 1 atom stereocenters. The molecule has 2 rings (SSSR count). The zero-order chi connectivity index (χ0) is 15.5. The summed E-state index contributed by atoms with van der Waals surface area (Å²) in [5.74, 6) is 0. The van der Waals surface area contributed by atoms with E-state index in [1.54, 1.807) is 6.92 Å². The van der Waals surface area contributed by atoms with Crippen LogP contribution in [0.4, 0.5) is 0 Å². The molecule has 0 radical (unpaired) electrons. The van der Waals surface area contributed by atoms with Crippen molar-refractivity contribution in [3.63, 3.8) is 0 Å². The van der Waals surface area contributed by atoms with Gasteiger partial charge in [-0.2, -0.15) is 9.57 Å². The van der Waals surface area contributed by atoms with Gasteiger partial charge in [0, 0.05) is 12.6 Å². The highest BCUT2D eigenvalue weighted by molar-refractivity contribution is 7.91. The summed E-state index contributed by atoms with van der Waals surface area (Å²) < 4.78 is 26.9. The first-order valence-corrected chi connectivity index (χ1v) is 8.69. The highest BCUT2D eigenvalue weighted by atomic mass is 32.2. The molecule has 0 aliphatic rings. The van der Waals surface area contributed by atoms with Crippen molar-refractivity contribution >= 4 is 21.4 Å². The minimum absolute atomic E-state index is 0.101. The fraction of sp³-hybridized carbons (Fsp3) is 0.286. The van der Waals surface area contributed by atoms with Crippen LogP contribution in [0.2, 0.25) is 0 Å². The summed E-state index contributed by atoms with van der Waals surface area (Å²) in [6.07, 6.45) is 1.25. The van der Waals surface area contributed by atoms with Crippen LogP contribution in [-0.4, -0.2) is 24.3 Å². The molecule has 0 saturated carbocycles. The molecule has 2 aromatic rings. The van der Waals surface area contributed by atoms with Gasteiger partial charge in [-0.25, -0.2) is 13.4 Å². The van der Waals surface area contributed by atoms with E-state index in [9.17, 15) is 8.42 Å². The van der Waals surface area contributed by atoms with E-state index in [0.717, 1.165) is 16.9 Å². The van der Waals surface area contributed by atoms with E-state index < -0.39 is 10.0 Å². The molecule has 0 bridgehead atoms. The van der Waals surface area contributed by atoms with Crippen LogP contribution < -0.4 is 0 Å². The Morgan fingerprint density at radius 1 is 1.38 bits per heavy atom. The molecular formula is C14H15N3O2S2. The second-order valence-corrected chi connectivity index (χ2v) is 7.54. The molecule has 0 unspecified atom stereocenters. The lowest BCUT2D eigenvalue weighted by Gasteiger charge is -2.26. The Morgan fingerprint density at radius 2 is 2.05 bits per heavy atom. The molecule has 0 N–H and O–H groups in total. The predicted octanol–water partition coefficient (Wildman–Crippen LogP) is 2.79. The number of aromatic nitrogens is 1. The van der Waals surface area contributed by atoms with Gasteiger partial charge < -0.3 is 0 Å². The van der Waals surface area contributed by atoms with Gasteiger partial charge in [0.25, 0.3) is 10.0 Å². The molecule has 1 aromatic heterocycles. The SMILES string of the molecule is CCN([C@@H](C)c1ccccc1)S(=O)(=O)c1cnc(C#N)s1. The van der Waals surface area contributed by atoms with Crippen LogP contribution >= 0.6 is 11.3 Å². The second kappa shape index (κ2) is 6.35. The Hall–Kier alpha value is -1.75. The average Bonchev–Trinajstić information content (AvgIpc) is 2.98. The van der Waals surface area contributed by atoms with Gasteiger partial charge >= 0.3 is 0 Å². The van der Waals surface area contributed by atoms with Gasteiger partial charge in [0.15, 0.2) is 9.22 Å². The summed E-state index contributed by atoms with van der Waals surface area (Å²) in [4.78, 5) is 3.80. The van der Waals surface area contributed by atoms with Gasteiger partial charge in [0.05, 0.1) is 6.20 Å². The van der Waals surface area contributed by atoms with E-state index in [0.29, 0.717) is 6.54 Å². The van der Waals surface area contributed by atoms with Gasteiger partial charge in [-0.05, 0) is 12.5 Å². The molecule has 1 aromatic carbocycles. The summed E-state index contributed by atoms with van der Waals surface area (Å²) in [6.45, 7) is 3.99. The third kappa shape index (κ3) is 3.13. The van der Waals surface area contributed by atoms with Crippen LogP contribution in [-0.2, 0) is 10.0 Å². The largest absolute Gasteiger partial charge is 0.254 e. The van der Waals surface area contributed by atoms with Crippen LogP contribution in [0.1, 0.15) is 30.5 Å². The van der Waals surface area contributed by atoms with Gasteiger partial charge in [0.1, 0.15) is 6.07 Å². The summed E-state index contributed by atoms with van der Waals surface area (Å²) in [5.41, 5.74) is 0.924. The molecule has 0 aliphatic heterocycles. The van der Waals surface area contributed by atoms with Crippen molar-refractivity contribution < 1.29 is 8.42 Å². The van der Waals surface area contributed by atoms with Gasteiger partial charge in [-0.3, -0.25) is 0 Å². The minimum Gasteiger partial charge on any atom is -0.233 e. The summed E-state index contributed by atoms with van der Waals surface area (Å²) in [7, 11) is -3.65. The van der Waals surface area contributed by atoms with E-state index in [4.69, 9.17) is 5.26 Å². The third-order valence-electron chi connectivity index (χ3n) is 3.17. The van der Waals surface area contributed by atoms with Crippen molar-refractivity contribution in [2.24, 2.45) is 0 Å². The van der Waals surface area contributed by atoms with Crippen molar-refractivity contribution in [2.75, 3.05) is 6.54 Å². The van der Waals surface area contributed by atoms with Crippen molar-refractivity contribution in [3.8, 4) is 6.07 Å². The van der Waals surface area contributed by atoms with Crippen molar-refractivity contribution in [3.05, 3.63) is 47.1 Å². The lowest BCUT2D eigenvalue weighted by atomic mass is 10.1. The quantitative estimate of drug-likeness (QED) is 0.848. The highest BCUT2D eigenvalue weighted by Gasteiger charge is 2.30. The minimum atomic E-state index is -3.65. The Kier molecular flexibility index (Phi) is 4.73. The highest BCUT2D eigenvalue weighted by Crippen LogP contribution is 2.29. The lowest BCUT2D eigenvalue weighted by Crippen LogP contribution is -2.33. The number of benzene rings is 1. The van der Waals surface area contributed by atoms with Crippen LogP contribution in [0.25, 0.3) is 0 Å². The zero-order valence-corrected chi connectivity index (χ0v) is 13.4. The third-order valence-corrected chi connectivity index (χ3v) is 6.55. The van der Waals surface area contributed by atoms with Crippen LogP contribution in [0.3, 0.4) is 0 Å². The maximum absolute atomic E-state index is 12.7. The summed E-state index contributed by atoms with van der Waals surface area (Å²) in [5, 5.41) is 8.94. The molecule has 1 heterocycles. The monoisotopic (exact) mass is 321 g/mol. The van der Waals surface area contributed by atoms with E-state index in [1.807, 2.05) is 43.3 Å². The lowest BCUT2D eigenvalue weighted by molar-refractivity contribution is 0.358. The fourth-order valence-electron chi connectivity index (χ4n) is 2.10. The van der Waals surface area contributed by atoms with Crippen LogP contribution in [0, 0.1) is 11.3 Å². The molecule has 0 saturated heterocycles. The number of sulfonamides is 1. The number of nitrogens with zero attached hydrogens (tertiary/aromatic N) is 3. The Bertz CT molecular complexity index is 748. The van der Waals surface area contributed by atoms with Crippen molar-refractivity contribution in [1.29, 1.82) is 5.26 Å². The first-order valence-electron chi connectivity index (χ1n) is 6.43. The average molecular weight is 321 g/mol. The molecule has 21 heavy (non-hydrogen) atoms. The standard InChI is InChI=1S/C14H15N3O2S2/c1-3-17(11(2)12-7-5-4-6-8-12)21(18,19)14-10-16-13(9-15)20-14/h4-8,10-11H,3H2,1-2H3/t11-/m0/s1. The summed E-state index contributed by atoms with van der Waals surface area (Å²) in [6, 6.07) is 11.0. The maximum Gasteiger partial charge on any atom is 0.254 e. The zero-order valence-electron chi connectivity index (χ0n) is 11.7. The van der Waals surface area contributed by atoms with Gasteiger partial charge in [-0.15, -0.1) is 0 Å². The van der Waals surface area contributed by atoms with Crippen LogP contribution in [0.15, 0.2) is 40.7 Å². The number of rotatable bonds is 5. The van der Waals surface area contributed by atoms with E-state index in [2.05, 4.69) is 4.98 Å². The van der Waals surface area contributed by atoms with Crippen LogP contribution in [0.5, 0.6) is 0 Å². The normalized spacial score (nSPS) is 13.0. The predicted molar refractivity (Wildman–Crippen MR) is 81.3 cm³/mol. The topological polar surface area (TPSA) is 74.1 Å². The van der Waals surface area contributed by atoms with E-state index >= 15 is 0 Å². The first kappa shape index (κ1) is 15.6. The molecule has 5 nitrogen and oxygen atoms in total. The molecule has 0 fully saturated rings. The van der Waals surface area contributed by atoms with E-state index in [1.165, 1.54) is 10.5 Å². The molecule has 110 valence electrons. The first-order chi connectivity index (χ1) is 10.0. The number of nitriles is 1. The molecular weight excluding hydrogens is 306 g/mol. The maximum atomic E-state index is 12.7. The van der Waals surface area contributed by atoms with E-state index in [-0.39, 0.29) is 15.3 Å². The molecule has 0 spiro atoms. The second-order valence-electron chi connectivity index (χ2n) is 4.39. The number of thiazole rings is 1. The van der Waals surface area contributed by atoms with Gasteiger partial charge in [-0.1, -0.05) is 48.6 Å².